The third-order valence-corrected chi connectivity index (χ3v) is 2.84. The molecule has 11 heavy (non-hydrogen) atoms. The van der Waals surface area contributed by atoms with Crippen LogP contribution in [0.1, 0.15) is 27.7 Å². The molecule has 0 aliphatic carbocycles. The summed E-state index contributed by atoms with van der Waals surface area (Å²) < 4.78 is 0. The summed E-state index contributed by atoms with van der Waals surface area (Å²) in [7, 11) is 3.70. The van der Waals surface area contributed by atoms with E-state index < -0.39 is 0 Å². The van der Waals surface area contributed by atoms with Crippen molar-refractivity contribution in [1.82, 2.24) is 0 Å². The largest absolute Gasteiger partial charge is 0.112 e. The maximum Gasteiger partial charge on any atom is 0.112 e. The van der Waals surface area contributed by atoms with Crippen LogP contribution >= 0.6 is 0 Å². The van der Waals surface area contributed by atoms with E-state index in [1.807, 2.05) is 0 Å². The number of hydrogen-bond donors (Lipinski definition) is 0. The summed E-state index contributed by atoms with van der Waals surface area (Å²) in [5.41, 5.74) is 0.884. The van der Waals surface area contributed by atoms with Gasteiger partial charge in [0, 0.05) is 0 Å². The monoisotopic (exact) mass is 152 g/mol. The fourth-order valence-corrected chi connectivity index (χ4v) is 2.36. The topological polar surface area (TPSA) is 0 Å². The van der Waals surface area contributed by atoms with E-state index in [9.17, 15) is 0 Å². The van der Waals surface area contributed by atoms with Crippen molar-refractivity contribution in [2.45, 2.75) is 40.2 Å². The van der Waals surface area contributed by atoms with Gasteiger partial charge in [0.25, 0.3) is 0 Å². The van der Waals surface area contributed by atoms with Gasteiger partial charge in [-0.3, -0.25) is 0 Å². The highest BCUT2D eigenvalue weighted by atomic mass is 14.2. The van der Waals surface area contributed by atoms with Crippen LogP contribution in [-0.4, -0.2) is 15.1 Å². The van der Waals surface area contributed by atoms with Gasteiger partial charge in [-0.2, -0.15) is 0 Å². The van der Waals surface area contributed by atoms with E-state index in [4.69, 9.17) is 0 Å². The Morgan fingerprint density at radius 3 is 1.45 bits per heavy atom. The second kappa shape index (κ2) is 4.90. The molecule has 0 aliphatic heterocycles. The van der Waals surface area contributed by atoms with Crippen molar-refractivity contribution in [3.63, 3.8) is 0 Å². The Kier molecular flexibility index (Phi) is 4.96. The fourth-order valence-electron chi connectivity index (χ4n) is 2.36. The summed E-state index contributed by atoms with van der Waals surface area (Å²) in [4.78, 5) is 0. The molecule has 0 aromatic carbocycles. The smallest absolute Gasteiger partial charge is 0.0897 e. The summed E-state index contributed by atoms with van der Waals surface area (Å²) in [5, 5.41) is 0. The van der Waals surface area contributed by atoms with Gasteiger partial charge in [-0.25, -0.2) is 0 Å². The third kappa shape index (κ3) is 3.35. The van der Waals surface area contributed by atoms with Crippen LogP contribution in [0.5, 0.6) is 0 Å². The minimum absolute atomic E-state index is 0.838. The molecular formula is C9H22B2. The molecule has 0 radical (unpaired) electrons. The van der Waals surface area contributed by atoms with Crippen molar-refractivity contribution in [2.24, 2.45) is 17.8 Å². The quantitative estimate of drug-likeness (QED) is 0.538. The lowest BCUT2D eigenvalue weighted by molar-refractivity contribution is 0.302. The van der Waals surface area contributed by atoms with Crippen molar-refractivity contribution in [3.05, 3.63) is 0 Å². The minimum Gasteiger partial charge on any atom is -0.0897 e. The second-order valence-corrected chi connectivity index (χ2v) is 4.45. The maximum absolute atomic E-state index is 2.38. The zero-order valence-corrected chi connectivity index (χ0v) is 9.02. The Morgan fingerprint density at radius 1 is 1.00 bits per heavy atom. The maximum atomic E-state index is 2.38. The Balaban J connectivity index is 4.09. The second-order valence-electron chi connectivity index (χ2n) is 4.45. The van der Waals surface area contributed by atoms with Gasteiger partial charge < -0.3 is 0 Å². The highest BCUT2D eigenvalue weighted by Gasteiger charge is 2.22. The van der Waals surface area contributed by atoms with Gasteiger partial charge in [0.2, 0.25) is 0 Å². The van der Waals surface area contributed by atoms with Gasteiger partial charge in [-0.1, -0.05) is 40.2 Å². The first-order valence-electron chi connectivity index (χ1n) is 5.00. The third-order valence-electron chi connectivity index (χ3n) is 2.84. The van der Waals surface area contributed by atoms with Crippen LogP contribution < -0.4 is 0 Å². The van der Waals surface area contributed by atoms with Crippen molar-refractivity contribution in [2.75, 3.05) is 0 Å². The lowest BCUT2D eigenvalue weighted by Gasteiger charge is -2.30. The van der Waals surface area contributed by atoms with E-state index in [-0.39, 0.29) is 0 Å². The predicted octanol–water partition coefficient (Wildman–Crippen LogP) is 1.78. The molecule has 0 amide bonds. The molecule has 0 nitrogen and oxygen atoms in total. The molecule has 1 atom stereocenters. The fraction of sp³-hybridized carbons (Fsp3) is 1.00. The van der Waals surface area contributed by atoms with Crippen LogP contribution in [0.15, 0.2) is 0 Å². The van der Waals surface area contributed by atoms with E-state index in [0.717, 1.165) is 23.5 Å². The predicted molar refractivity (Wildman–Crippen MR) is 58.5 cm³/mol. The molecule has 0 rings (SSSR count). The number of rotatable bonds is 4. The molecule has 0 spiro atoms. The Hall–Kier alpha value is 0.130. The first kappa shape index (κ1) is 11.1. The molecule has 2 heteroatoms. The lowest BCUT2D eigenvalue weighted by Crippen LogP contribution is -2.24. The van der Waals surface area contributed by atoms with Gasteiger partial charge in [-0.05, 0) is 17.8 Å². The minimum atomic E-state index is 0.838. The molecule has 0 saturated heterocycles. The number of hydrogen-bond acceptors (Lipinski definition) is 0. The zero-order chi connectivity index (χ0) is 9.02. The Bertz CT molecular complexity index is 91.7. The molecule has 0 N–H and O–H groups in total. The van der Waals surface area contributed by atoms with Crippen molar-refractivity contribution < 1.29 is 0 Å². The summed E-state index contributed by atoms with van der Waals surface area (Å²) in [6.07, 6.45) is 0. The molecule has 0 aromatic heterocycles. The van der Waals surface area contributed by atoms with E-state index in [0.29, 0.717) is 0 Å². The first-order chi connectivity index (χ1) is 5.00. The van der Waals surface area contributed by atoms with Gasteiger partial charge in [0.1, 0.15) is 7.28 Å². The molecule has 0 heterocycles. The summed E-state index contributed by atoms with van der Waals surface area (Å²) in [6, 6.07) is 0. The van der Waals surface area contributed by atoms with Crippen molar-refractivity contribution >= 4 is 15.1 Å². The standard InChI is InChI=1S/C9H22B2/c1-6(2)8(7(3)4)9(10)11-5/h6-9,11H,10H2,1-5H3. The van der Waals surface area contributed by atoms with Gasteiger partial charge in [0.05, 0.1) is 7.85 Å². The average Bonchev–Trinajstić information content (AvgIpc) is 1.85. The van der Waals surface area contributed by atoms with Gasteiger partial charge >= 0.3 is 0 Å². The summed E-state index contributed by atoms with van der Waals surface area (Å²) in [5.74, 6) is 2.58. The Labute approximate surface area is 73.8 Å². The van der Waals surface area contributed by atoms with Crippen LogP contribution in [-0.2, 0) is 0 Å². The highest BCUT2D eigenvalue weighted by molar-refractivity contribution is 6.49. The SMILES string of the molecule is BC(BC)C(C(C)C)C(C)C. The molecule has 1 unspecified atom stereocenters. The first-order valence-corrected chi connectivity index (χ1v) is 5.00. The molecular weight excluding hydrogens is 130 g/mol. The van der Waals surface area contributed by atoms with Crippen LogP contribution in [0.3, 0.4) is 0 Å². The van der Waals surface area contributed by atoms with Crippen LogP contribution in [0, 0.1) is 17.8 Å². The van der Waals surface area contributed by atoms with Crippen LogP contribution in [0.2, 0.25) is 12.5 Å². The van der Waals surface area contributed by atoms with Gasteiger partial charge in [0.15, 0.2) is 0 Å². The van der Waals surface area contributed by atoms with E-state index in [2.05, 4.69) is 42.4 Å². The van der Waals surface area contributed by atoms with Crippen molar-refractivity contribution in [1.29, 1.82) is 0 Å². The van der Waals surface area contributed by atoms with Crippen molar-refractivity contribution in [3.8, 4) is 0 Å². The molecule has 0 aromatic rings. The van der Waals surface area contributed by atoms with E-state index in [1.54, 1.807) is 0 Å². The Morgan fingerprint density at radius 2 is 1.36 bits per heavy atom. The lowest BCUT2D eigenvalue weighted by atomic mass is 9.48. The molecule has 0 bridgehead atoms. The normalized spacial score (nSPS) is 14.5. The average molecular weight is 152 g/mol. The molecule has 0 saturated carbocycles. The highest BCUT2D eigenvalue weighted by Crippen LogP contribution is 2.29. The summed E-state index contributed by atoms with van der Waals surface area (Å²) in [6.45, 7) is 11.7. The van der Waals surface area contributed by atoms with E-state index in [1.165, 1.54) is 7.28 Å². The van der Waals surface area contributed by atoms with E-state index >= 15 is 0 Å². The molecule has 64 valence electrons. The van der Waals surface area contributed by atoms with Crippen LogP contribution in [0.25, 0.3) is 0 Å². The summed E-state index contributed by atoms with van der Waals surface area (Å²) >= 11 is 0. The van der Waals surface area contributed by atoms with Gasteiger partial charge in [-0.15, -0.1) is 0 Å². The van der Waals surface area contributed by atoms with Crippen LogP contribution in [0.4, 0.5) is 0 Å². The zero-order valence-electron chi connectivity index (χ0n) is 9.02. The molecule has 0 fully saturated rings. The molecule has 0 aliphatic rings.